The highest BCUT2D eigenvalue weighted by molar-refractivity contribution is 7.89. The van der Waals surface area contributed by atoms with Gasteiger partial charge in [0.25, 0.3) is 15.9 Å². The molecule has 0 unspecified atom stereocenters. The topological polar surface area (TPSA) is 75.7 Å². The standard InChI is InChI=1S/C17H19ClN2O4S/c1-11-6-5-7-12(2)16(11)19-17(21)13-8-9-14(18)15(10-13)25(22,23)20(3)24-4/h5-10H,1-4H3,(H,19,21). The lowest BCUT2D eigenvalue weighted by atomic mass is 10.1. The number of nitrogens with one attached hydrogen (secondary N) is 1. The minimum atomic E-state index is -3.97. The summed E-state index contributed by atoms with van der Waals surface area (Å²) in [4.78, 5) is 17.1. The molecule has 2 aromatic rings. The molecule has 8 heteroatoms. The molecule has 1 amide bonds. The molecule has 0 saturated carbocycles. The molecule has 0 aliphatic heterocycles. The first-order chi connectivity index (χ1) is 11.7. The zero-order valence-electron chi connectivity index (χ0n) is 14.3. The Labute approximate surface area is 152 Å². The quantitative estimate of drug-likeness (QED) is 0.804. The van der Waals surface area contributed by atoms with Gasteiger partial charge in [-0.3, -0.25) is 9.63 Å². The normalized spacial score (nSPS) is 11.6. The SMILES string of the molecule is CON(C)S(=O)(=O)c1cc(C(=O)Nc2c(C)cccc2C)ccc1Cl. The minimum absolute atomic E-state index is 0.00697. The molecule has 0 heterocycles. The van der Waals surface area contributed by atoms with Gasteiger partial charge >= 0.3 is 0 Å². The molecule has 134 valence electrons. The van der Waals surface area contributed by atoms with E-state index in [4.69, 9.17) is 16.4 Å². The van der Waals surface area contributed by atoms with Crippen LogP contribution in [0.5, 0.6) is 0 Å². The van der Waals surface area contributed by atoms with Crippen LogP contribution in [-0.4, -0.2) is 33.0 Å². The third-order valence-electron chi connectivity index (χ3n) is 3.79. The van der Waals surface area contributed by atoms with Crippen molar-refractivity contribution < 1.29 is 18.0 Å². The van der Waals surface area contributed by atoms with Crippen LogP contribution in [0, 0.1) is 13.8 Å². The molecule has 0 aromatic heterocycles. The van der Waals surface area contributed by atoms with Crippen molar-refractivity contribution in [2.24, 2.45) is 0 Å². The molecule has 0 aliphatic rings. The number of anilines is 1. The van der Waals surface area contributed by atoms with Gasteiger partial charge in [0.2, 0.25) is 0 Å². The van der Waals surface area contributed by atoms with Gasteiger partial charge in [0.1, 0.15) is 4.90 Å². The number of carbonyl (C=O) groups excluding carboxylic acids is 1. The van der Waals surface area contributed by atoms with Gasteiger partial charge in [-0.05, 0) is 43.2 Å². The Hall–Kier alpha value is -1.93. The molecule has 0 spiro atoms. The first kappa shape index (κ1) is 19.4. The predicted molar refractivity (Wildman–Crippen MR) is 97.3 cm³/mol. The average Bonchev–Trinajstić information content (AvgIpc) is 2.57. The average molecular weight is 383 g/mol. The van der Waals surface area contributed by atoms with Crippen molar-refractivity contribution in [2.45, 2.75) is 18.7 Å². The van der Waals surface area contributed by atoms with Gasteiger partial charge in [-0.1, -0.05) is 34.3 Å². The molecular formula is C17H19ClN2O4S. The molecular weight excluding hydrogens is 364 g/mol. The van der Waals surface area contributed by atoms with E-state index in [9.17, 15) is 13.2 Å². The van der Waals surface area contributed by atoms with E-state index < -0.39 is 15.9 Å². The number of halogens is 1. The molecule has 1 N–H and O–H groups in total. The van der Waals surface area contributed by atoms with E-state index in [-0.39, 0.29) is 15.5 Å². The number of para-hydroxylation sites is 1. The fourth-order valence-electron chi connectivity index (χ4n) is 2.28. The third-order valence-corrected chi connectivity index (χ3v) is 5.95. The molecule has 0 bridgehead atoms. The summed E-state index contributed by atoms with van der Waals surface area (Å²) in [6, 6.07) is 9.74. The number of nitrogens with zero attached hydrogens (tertiary/aromatic N) is 1. The molecule has 2 rings (SSSR count). The maximum atomic E-state index is 12.6. The Morgan fingerprint density at radius 3 is 2.32 bits per heavy atom. The summed E-state index contributed by atoms with van der Waals surface area (Å²) in [6.07, 6.45) is 0. The Morgan fingerprint density at radius 2 is 1.76 bits per heavy atom. The van der Waals surface area contributed by atoms with E-state index in [0.717, 1.165) is 11.1 Å². The fraction of sp³-hybridized carbons (Fsp3) is 0.235. The van der Waals surface area contributed by atoms with Gasteiger partial charge in [-0.15, -0.1) is 0 Å². The maximum Gasteiger partial charge on any atom is 0.266 e. The number of aryl methyl sites for hydroxylation is 2. The fourth-order valence-corrected chi connectivity index (χ4v) is 3.75. The Bertz CT molecular complexity index is 893. The van der Waals surface area contributed by atoms with Crippen LogP contribution < -0.4 is 5.32 Å². The number of hydroxylamine groups is 1. The number of amides is 1. The van der Waals surface area contributed by atoms with Crippen molar-refractivity contribution in [1.82, 2.24) is 4.47 Å². The highest BCUT2D eigenvalue weighted by Crippen LogP contribution is 2.26. The Kier molecular flexibility index (Phi) is 5.84. The lowest BCUT2D eigenvalue weighted by Gasteiger charge is -2.16. The van der Waals surface area contributed by atoms with Crippen LogP contribution in [0.2, 0.25) is 5.02 Å². The maximum absolute atomic E-state index is 12.6. The summed E-state index contributed by atoms with van der Waals surface area (Å²) < 4.78 is 25.5. The number of sulfonamides is 1. The van der Waals surface area contributed by atoms with Gasteiger partial charge in [-0.2, -0.15) is 0 Å². The summed E-state index contributed by atoms with van der Waals surface area (Å²) in [5.41, 5.74) is 2.69. The minimum Gasteiger partial charge on any atom is -0.322 e. The molecule has 2 aromatic carbocycles. The first-order valence-corrected chi connectivity index (χ1v) is 9.20. The summed E-state index contributed by atoms with van der Waals surface area (Å²) >= 11 is 6.00. The lowest BCUT2D eigenvalue weighted by molar-refractivity contribution is -0.0258. The molecule has 0 atom stereocenters. The summed E-state index contributed by atoms with van der Waals surface area (Å²) in [5.74, 6) is -0.425. The Morgan fingerprint density at radius 1 is 1.16 bits per heavy atom. The first-order valence-electron chi connectivity index (χ1n) is 7.38. The molecule has 0 aliphatic carbocycles. The molecule has 0 fully saturated rings. The van der Waals surface area contributed by atoms with Crippen molar-refractivity contribution in [3.8, 4) is 0 Å². The van der Waals surface area contributed by atoms with E-state index >= 15 is 0 Å². The molecule has 0 radical (unpaired) electrons. The monoisotopic (exact) mass is 382 g/mol. The van der Waals surface area contributed by atoms with E-state index in [0.29, 0.717) is 10.2 Å². The predicted octanol–water partition coefficient (Wildman–Crippen LogP) is 3.39. The highest BCUT2D eigenvalue weighted by atomic mass is 35.5. The smallest absolute Gasteiger partial charge is 0.266 e. The van der Waals surface area contributed by atoms with Crippen LogP contribution in [-0.2, 0) is 14.9 Å². The number of hydrogen-bond donors (Lipinski definition) is 1. The second-order valence-electron chi connectivity index (χ2n) is 5.46. The number of rotatable bonds is 5. The van der Waals surface area contributed by atoms with E-state index in [2.05, 4.69) is 5.32 Å². The van der Waals surface area contributed by atoms with E-state index in [1.165, 1.54) is 32.4 Å². The van der Waals surface area contributed by atoms with Crippen LogP contribution in [0.4, 0.5) is 5.69 Å². The van der Waals surface area contributed by atoms with Crippen molar-refractivity contribution in [1.29, 1.82) is 0 Å². The van der Waals surface area contributed by atoms with Crippen LogP contribution in [0.15, 0.2) is 41.3 Å². The van der Waals surface area contributed by atoms with E-state index in [1.807, 2.05) is 32.0 Å². The van der Waals surface area contributed by atoms with Crippen LogP contribution in [0.25, 0.3) is 0 Å². The highest BCUT2D eigenvalue weighted by Gasteiger charge is 2.25. The second-order valence-corrected chi connectivity index (χ2v) is 7.77. The summed E-state index contributed by atoms with van der Waals surface area (Å²) in [7, 11) is -1.50. The second kappa shape index (κ2) is 7.53. The largest absolute Gasteiger partial charge is 0.322 e. The van der Waals surface area contributed by atoms with Gasteiger partial charge in [-0.25, -0.2) is 8.42 Å². The number of benzene rings is 2. The number of hydrogen-bond acceptors (Lipinski definition) is 4. The molecule has 0 saturated heterocycles. The van der Waals surface area contributed by atoms with Crippen molar-refractivity contribution in [3.63, 3.8) is 0 Å². The van der Waals surface area contributed by atoms with E-state index in [1.54, 1.807) is 0 Å². The number of carbonyl (C=O) groups is 1. The van der Waals surface area contributed by atoms with Gasteiger partial charge in [0, 0.05) is 18.3 Å². The van der Waals surface area contributed by atoms with Crippen molar-refractivity contribution >= 4 is 33.2 Å². The van der Waals surface area contributed by atoms with Crippen LogP contribution in [0.1, 0.15) is 21.5 Å². The lowest BCUT2D eigenvalue weighted by Crippen LogP contribution is -2.26. The van der Waals surface area contributed by atoms with Crippen LogP contribution >= 0.6 is 11.6 Å². The van der Waals surface area contributed by atoms with Gasteiger partial charge in [0.15, 0.2) is 0 Å². The zero-order chi connectivity index (χ0) is 18.8. The summed E-state index contributed by atoms with van der Waals surface area (Å²) in [5, 5.41) is 2.82. The van der Waals surface area contributed by atoms with Gasteiger partial charge < -0.3 is 5.32 Å². The van der Waals surface area contributed by atoms with Crippen molar-refractivity contribution in [3.05, 3.63) is 58.1 Å². The zero-order valence-corrected chi connectivity index (χ0v) is 15.9. The van der Waals surface area contributed by atoms with Crippen molar-refractivity contribution in [2.75, 3.05) is 19.5 Å². The summed E-state index contributed by atoms with van der Waals surface area (Å²) in [6.45, 7) is 3.77. The van der Waals surface area contributed by atoms with Gasteiger partial charge in [0.05, 0.1) is 12.1 Å². The molecule has 25 heavy (non-hydrogen) atoms. The Balaban J connectivity index is 2.41. The molecule has 6 nitrogen and oxygen atoms in total. The third kappa shape index (κ3) is 4.01. The van der Waals surface area contributed by atoms with Crippen LogP contribution in [0.3, 0.4) is 0 Å².